The Hall–Kier alpha value is -1.80. The average molecular weight is 390 g/mol. The summed E-state index contributed by atoms with van der Waals surface area (Å²) in [7, 11) is 0. The van der Waals surface area contributed by atoms with Gasteiger partial charge in [0.05, 0.1) is 12.0 Å². The zero-order valence-electron chi connectivity index (χ0n) is 13.9. The number of amides is 2. The van der Waals surface area contributed by atoms with E-state index in [9.17, 15) is 22.8 Å². The van der Waals surface area contributed by atoms with E-state index in [0.717, 1.165) is 10.5 Å². The molecule has 3 rings (SSSR count). The Kier molecular flexibility index (Phi) is 5.43. The molecule has 2 fully saturated rings. The van der Waals surface area contributed by atoms with Crippen molar-refractivity contribution in [3.05, 3.63) is 34.9 Å². The highest BCUT2D eigenvalue weighted by Gasteiger charge is 2.43. The van der Waals surface area contributed by atoms with Crippen LogP contribution >= 0.6 is 11.6 Å². The number of rotatable bonds is 3. The molecule has 0 radical (unpaired) electrons. The van der Waals surface area contributed by atoms with Gasteiger partial charge in [-0.1, -0.05) is 23.7 Å². The number of nitrogens with one attached hydrogen (secondary N) is 1. The smallest absolute Gasteiger partial charge is 0.333 e. The molecule has 1 aromatic carbocycles. The molecule has 142 valence electrons. The Morgan fingerprint density at radius 1 is 1.35 bits per heavy atom. The Morgan fingerprint density at radius 3 is 2.81 bits per heavy atom. The van der Waals surface area contributed by atoms with E-state index in [0.29, 0.717) is 24.7 Å². The molecule has 26 heavy (non-hydrogen) atoms. The Balaban J connectivity index is 1.74. The number of halogens is 4. The molecule has 2 aliphatic heterocycles. The minimum atomic E-state index is -4.47. The number of nitrogens with zero attached hydrogens (tertiary/aromatic N) is 2. The van der Waals surface area contributed by atoms with Crippen LogP contribution in [0.2, 0.25) is 5.02 Å². The molecule has 2 aliphatic rings. The van der Waals surface area contributed by atoms with Crippen LogP contribution in [-0.4, -0.2) is 60.5 Å². The topological polar surface area (TPSA) is 52.7 Å². The van der Waals surface area contributed by atoms with Crippen LogP contribution in [0.25, 0.3) is 0 Å². The van der Waals surface area contributed by atoms with Gasteiger partial charge in [0.1, 0.15) is 6.54 Å². The van der Waals surface area contributed by atoms with Gasteiger partial charge in [-0.25, -0.2) is 0 Å². The average Bonchev–Trinajstić information content (AvgIpc) is 2.93. The third kappa shape index (κ3) is 4.29. The van der Waals surface area contributed by atoms with Gasteiger partial charge in [0.2, 0.25) is 11.8 Å². The highest BCUT2D eigenvalue weighted by molar-refractivity contribution is 6.30. The van der Waals surface area contributed by atoms with Crippen molar-refractivity contribution in [2.24, 2.45) is 5.92 Å². The van der Waals surface area contributed by atoms with Gasteiger partial charge in [0.15, 0.2) is 0 Å². The van der Waals surface area contributed by atoms with E-state index in [-0.39, 0.29) is 24.9 Å². The molecule has 0 aliphatic carbocycles. The lowest BCUT2D eigenvalue weighted by molar-refractivity contribution is -0.157. The Labute approximate surface area is 154 Å². The van der Waals surface area contributed by atoms with Gasteiger partial charge < -0.3 is 15.1 Å². The Morgan fingerprint density at radius 2 is 2.12 bits per heavy atom. The third-order valence-electron chi connectivity index (χ3n) is 4.69. The van der Waals surface area contributed by atoms with Crippen LogP contribution < -0.4 is 5.32 Å². The number of hydrogen-bond donors (Lipinski definition) is 1. The molecule has 2 amide bonds. The van der Waals surface area contributed by atoms with Crippen molar-refractivity contribution in [2.75, 3.05) is 32.7 Å². The minimum Gasteiger partial charge on any atom is -0.333 e. The number of benzene rings is 1. The van der Waals surface area contributed by atoms with Gasteiger partial charge in [0.25, 0.3) is 0 Å². The van der Waals surface area contributed by atoms with Crippen molar-refractivity contribution >= 4 is 23.4 Å². The molecule has 0 spiro atoms. The molecule has 0 aromatic heterocycles. The Bertz CT molecular complexity index is 698. The van der Waals surface area contributed by atoms with Crippen molar-refractivity contribution in [1.29, 1.82) is 0 Å². The van der Waals surface area contributed by atoms with E-state index in [4.69, 9.17) is 11.6 Å². The molecule has 0 bridgehead atoms. The van der Waals surface area contributed by atoms with Gasteiger partial charge in [-0.15, -0.1) is 0 Å². The molecule has 1 N–H and O–H groups in total. The predicted octanol–water partition coefficient (Wildman–Crippen LogP) is 2.22. The first-order chi connectivity index (χ1) is 12.2. The van der Waals surface area contributed by atoms with Gasteiger partial charge in [0, 0.05) is 37.6 Å². The molecule has 9 heteroatoms. The summed E-state index contributed by atoms with van der Waals surface area (Å²) in [5.41, 5.74) is 0.856. The number of carbonyl (C=O) groups is 2. The lowest BCUT2D eigenvalue weighted by atomic mass is 9.99. The van der Waals surface area contributed by atoms with E-state index in [1.165, 1.54) is 0 Å². The summed E-state index contributed by atoms with van der Waals surface area (Å²) in [4.78, 5) is 27.2. The fourth-order valence-corrected chi connectivity index (χ4v) is 3.72. The van der Waals surface area contributed by atoms with E-state index < -0.39 is 24.5 Å². The highest BCUT2D eigenvalue weighted by Crippen LogP contribution is 2.30. The van der Waals surface area contributed by atoms with Crippen LogP contribution in [0.5, 0.6) is 0 Å². The third-order valence-corrected chi connectivity index (χ3v) is 4.93. The number of piperazine rings is 1. The standard InChI is InChI=1S/C17H19ClF3N3O2/c18-13-3-1-2-11(6-13)14-8-22-4-5-24(14)16(26)12-7-15(25)23(9-12)10-17(19,20)21/h1-3,6,12,14,22H,4-5,7-10H2. The van der Waals surface area contributed by atoms with Crippen molar-refractivity contribution in [3.63, 3.8) is 0 Å². The van der Waals surface area contributed by atoms with E-state index >= 15 is 0 Å². The summed E-state index contributed by atoms with van der Waals surface area (Å²) in [6, 6.07) is 6.90. The molecule has 2 unspecified atom stereocenters. The fourth-order valence-electron chi connectivity index (χ4n) is 3.52. The molecule has 2 atom stereocenters. The summed E-state index contributed by atoms with van der Waals surface area (Å²) in [5.74, 6) is -1.66. The molecular weight excluding hydrogens is 371 g/mol. The van der Waals surface area contributed by atoms with E-state index in [1.807, 2.05) is 6.07 Å². The maximum Gasteiger partial charge on any atom is 0.406 e. The normalized spacial score (nSPS) is 24.2. The summed E-state index contributed by atoms with van der Waals surface area (Å²) in [6.07, 6.45) is -4.65. The second-order valence-corrected chi connectivity index (χ2v) is 7.03. The SMILES string of the molecule is O=C1CC(C(=O)N2CCNCC2c2cccc(Cl)c2)CN1CC(F)(F)F. The van der Waals surface area contributed by atoms with Gasteiger partial charge in [-0.2, -0.15) is 13.2 Å². The zero-order valence-corrected chi connectivity index (χ0v) is 14.7. The summed E-state index contributed by atoms with van der Waals surface area (Å²) >= 11 is 6.04. The van der Waals surface area contributed by atoms with Crippen LogP contribution in [0.1, 0.15) is 18.0 Å². The predicted molar refractivity (Wildman–Crippen MR) is 89.5 cm³/mol. The maximum absolute atomic E-state index is 12.9. The van der Waals surface area contributed by atoms with Crippen LogP contribution in [0, 0.1) is 5.92 Å². The lowest BCUT2D eigenvalue weighted by Gasteiger charge is -2.38. The van der Waals surface area contributed by atoms with Crippen molar-refractivity contribution < 1.29 is 22.8 Å². The fraction of sp³-hybridized carbons (Fsp3) is 0.529. The minimum absolute atomic E-state index is 0.179. The van der Waals surface area contributed by atoms with Crippen molar-refractivity contribution in [1.82, 2.24) is 15.1 Å². The van der Waals surface area contributed by atoms with Gasteiger partial charge >= 0.3 is 6.18 Å². The first kappa shape index (κ1) is 19.0. The van der Waals surface area contributed by atoms with Crippen LogP contribution in [0.4, 0.5) is 13.2 Å². The van der Waals surface area contributed by atoms with E-state index in [1.54, 1.807) is 23.1 Å². The highest BCUT2D eigenvalue weighted by atomic mass is 35.5. The second-order valence-electron chi connectivity index (χ2n) is 6.60. The number of carbonyl (C=O) groups excluding carboxylic acids is 2. The summed E-state index contributed by atoms with van der Waals surface area (Å²) in [5, 5.41) is 3.76. The number of alkyl halides is 3. The lowest BCUT2D eigenvalue weighted by Crippen LogP contribution is -2.50. The molecule has 5 nitrogen and oxygen atoms in total. The number of likely N-dealkylation sites (tertiary alicyclic amines) is 1. The van der Waals surface area contributed by atoms with Crippen LogP contribution in [0.3, 0.4) is 0 Å². The van der Waals surface area contributed by atoms with Gasteiger partial charge in [-0.05, 0) is 17.7 Å². The summed E-state index contributed by atoms with van der Waals surface area (Å²) < 4.78 is 37.7. The molecular formula is C17H19ClF3N3O2. The van der Waals surface area contributed by atoms with Gasteiger partial charge in [-0.3, -0.25) is 9.59 Å². The molecule has 2 saturated heterocycles. The van der Waals surface area contributed by atoms with Crippen LogP contribution in [-0.2, 0) is 9.59 Å². The quantitative estimate of drug-likeness (QED) is 0.862. The monoisotopic (exact) mass is 389 g/mol. The van der Waals surface area contributed by atoms with Crippen LogP contribution in [0.15, 0.2) is 24.3 Å². The van der Waals surface area contributed by atoms with E-state index in [2.05, 4.69) is 5.32 Å². The molecule has 2 heterocycles. The van der Waals surface area contributed by atoms with Crippen molar-refractivity contribution in [3.8, 4) is 0 Å². The first-order valence-electron chi connectivity index (χ1n) is 8.36. The van der Waals surface area contributed by atoms with Crippen molar-refractivity contribution in [2.45, 2.75) is 18.6 Å². The first-order valence-corrected chi connectivity index (χ1v) is 8.73. The number of hydrogen-bond acceptors (Lipinski definition) is 3. The maximum atomic E-state index is 12.9. The molecule has 1 aromatic rings. The second kappa shape index (κ2) is 7.44. The summed E-state index contributed by atoms with van der Waals surface area (Å²) in [6.45, 7) is 0.0486. The largest absolute Gasteiger partial charge is 0.406 e. The molecule has 0 saturated carbocycles. The zero-order chi connectivity index (χ0) is 18.9.